The van der Waals surface area contributed by atoms with Crippen LogP contribution in [0.3, 0.4) is 0 Å². The standard InChI is InChI=1S/C24H30N2O2/c1-4-5-6-9-14-26-23(27)22(17(2)3)21(25-24(26)28)16-18-12-13-19-10-7-8-11-20(19)15-18/h7-8,10-13,15,17H,4-6,9,14,16H2,1-3H3,(H,25,28). The van der Waals surface area contributed by atoms with Crippen LogP contribution in [0.15, 0.2) is 52.1 Å². The summed E-state index contributed by atoms with van der Waals surface area (Å²) >= 11 is 0. The topological polar surface area (TPSA) is 54.9 Å². The number of rotatable bonds is 8. The average Bonchev–Trinajstić information content (AvgIpc) is 2.66. The molecule has 0 spiro atoms. The lowest BCUT2D eigenvalue weighted by Crippen LogP contribution is -2.39. The van der Waals surface area contributed by atoms with E-state index in [9.17, 15) is 9.59 Å². The second kappa shape index (κ2) is 9.05. The van der Waals surface area contributed by atoms with Gasteiger partial charge >= 0.3 is 5.69 Å². The van der Waals surface area contributed by atoms with Gasteiger partial charge in [0, 0.05) is 24.2 Å². The van der Waals surface area contributed by atoms with Crippen LogP contribution in [0.2, 0.25) is 0 Å². The molecular weight excluding hydrogens is 348 g/mol. The molecule has 4 nitrogen and oxygen atoms in total. The summed E-state index contributed by atoms with van der Waals surface area (Å²) in [6, 6.07) is 14.5. The summed E-state index contributed by atoms with van der Waals surface area (Å²) in [4.78, 5) is 28.7. The molecule has 4 heteroatoms. The van der Waals surface area contributed by atoms with Crippen molar-refractivity contribution in [3.8, 4) is 0 Å². The van der Waals surface area contributed by atoms with E-state index < -0.39 is 0 Å². The van der Waals surface area contributed by atoms with Gasteiger partial charge in [-0.15, -0.1) is 0 Å². The molecule has 0 saturated heterocycles. The molecule has 148 valence electrons. The molecule has 1 aromatic heterocycles. The van der Waals surface area contributed by atoms with Crippen molar-refractivity contribution in [2.24, 2.45) is 0 Å². The van der Waals surface area contributed by atoms with Crippen molar-refractivity contribution in [3.05, 3.63) is 80.1 Å². The molecule has 0 fully saturated rings. The highest BCUT2D eigenvalue weighted by Gasteiger charge is 2.17. The van der Waals surface area contributed by atoms with Gasteiger partial charge in [-0.05, 0) is 28.7 Å². The Balaban J connectivity index is 1.95. The number of hydrogen-bond donors (Lipinski definition) is 1. The number of unbranched alkanes of at least 4 members (excludes halogenated alkanes) is 3. The van der Waals surface area contributed by atoms with Crippen molar-refractivity contribution in [3.63, 3.8) is 0 Å². The summed E-state index contributed by atoms with van der Waals surface area (Å²) in [7, 11) is 0. The number of aromatic nitrogens is 2. The highest BCUT2D eigenvalue weighted by Crippen LogP contribution is 2.20. The summed E-state index contributed by atoms with van der Waals surface area (Å²) in [5.74, 6) is 0.0571. The molecule has 3 rings (SSSR count). The minimum absolute atomic E-state index is 0.0571. The quantitative estimate of drug-likeness (QED) is 0.562. The Bertz CT molecular complexity index is 1060. The SMILES string of the molecule is CCCCCCn1c(=O)[nH]c(Cc2ccc3ccccc3c2)c(C(C)C)c1=O. The summed E-state index contributed by atoms with van der Waals surface area (Å²) < 4.78 is 1.38. The Kier molecular flexibility index (Phi) is 6.50. The van der Waals surface area contributed by atoms with Crippen LogP contribution in [0.4, 0.5) is 0 Å². The Morgan fingerprint density at radius 1 is 0.964 bits per heavy atom. The van der Waals surface area contributed by atoms with Crippen LogP contribution in [0.25, 0.3) is 10.8 Å². The fourth-order valence-corrected chi connectivity index (χ4v) is 3.82. The van der Waals surface area contributed by atoms with Gasteiger partial charge in [0.1, 0.15) is 0 Å². The van der Waals surface area contributed by atoms with Crippen molar-refractivity contribution in [1.82, 2.24) is 9.55 Å². The molecule has 0 aliphatic carbocycles. The maximum absolute atomic E-state index is 13.1. The lowest BCUT2D eigenvalue weighted by Gasteiger charge is -2.15. The maximum Gasteiger partial charge on any atom is 0.328 e. The molecule has 0 aliphatic heterocycles. The normalized spacial score (nSPS) is 11.4. The maximum atomic E-state index is 13.1. The van der Waals surface area contributed by atoms with Gasteiger partial charge in [0.25, 0.3) is 5.56 Å². The summed E-state index contributed by atoms with van der Waals surface area (Å²) in [6.45, 7) is 6.67. The first-order chi connectivity index (χ1) is 13.5. The number of aromatic amines is 1. The summed E-state index contributed by atoms with van der Waals surface area (Å²) in [6.07, 6.45) is 4.72. The number of nitrogens with one attached hydrogen (secondary N) is 1. The van der Waals surface area contributed by atoms with Gasteiger partial charge in [-0.2, -0.15) is 0 Å². The van der Waals surface area contributed by atoms with E-state index in [0.717, 1.165) is 47.9 Å². The van der Waals surface area contributed by atoms with Crippen LogP contribution in [-0.4, -0.2) is 9.55 Å². The molecule has 0 bridgehead atoms. The van der Waals surface area contributed by atoms with Crippen molar-refractivity contribution in [2.75, 3.05) is 0 Å². The molecule has 1 heterocycles. The molecule has 0 atom stereocenters. The Morgan fingerprint density at radius 2 is 1.71 bits per heavy atom. The molecular formula is C24H30N2O2. The number of benzene rings is 2. The third-order valence-electron chi connectivity index (χ3n) is 5.31. The van der Waals surface area contributed by atoms with E-state index in [0.29, 0.717) is 13.0 Å². The van der Waals surface area contributed by atoms with Gasteiger partial charge in [0.2, 0.25) is 0 Å². The highest BCUT2D eigenvalue weighted by atomic mass is 16.2. The molecule has 1 N–H and O–H groups in total. The van der Waals surface area contributed by atoms with Crippen LogP contribution in [-0.2, 0) is 13.0 Å². The molecule has 0 radical (unpaired) electrons. The van der Waals surface area contributed by atoms with Gasteiger partial charge < -0.3 is 4.98 Å². The third kappa shape index (κ3) is 4.44. The minimum atomic E-state index is -0.290. The van der Waals surface area contributed by atoms with Crippen molar-refractivity contribution in [1.29, 1.82) is 0 Å². The predicted octanol–water partition coefficient (Wildman–Crippen LogP) is 4.98. The molecule has 0 aliphatic rings. The fourth-order valence-electron chi connectivity index (χ4n) is 3.82. The Labute approximate surface area is 166 Å². The molecule has 0 unspecified atom stereocenters. The van der Waals surface area contributed by atoms with Crippen LogP contribution < -0.4 is 11.2 Å². The fraction of sp³-hybridized carbons (Fsp3) is 0.417. The van der Waals surface area contributed by atoms with Crippen LogP contribution >= 0.6 is 0 Å². The zero-order valence-electron chi connectivity index (χ0n) is 17.1. The number of fused-ring (bicyclic) bond motifs is 1. The molecule has 0 saturated carbocycles. The Morgan fingerprint density at radius 3 is 2.43 bits per heavy atom. The Hall–Kier alpha value is -2.62. The van der Waals surface area contributed by atoms with E-state index >= 15 is 0 Å². The van der Waals surface area contributed by atoms with E-state index in [2.05, 4.69) is 42.2 Å². The van der Waals surface area contributed by atoms with Crippen molar-refractivity contribution in [2.45, 2.75) is 65.3 Å². The van der Waals surface area contributed by atoms with E-state index in [-0.39, 0.29) is 17.2 Å². The first-order valence-corrected chi connectivity index (χ1v) is 10.3. The van der Waals surface area contributed by atoms with Gasteiger partial charge in [0.05, 0.1) is 0 Å². The van der Waals surface area contributed by atoms with E-state index in [1.807, 2.05) is 26.0 Å². The first-order valence-electron chi connectivity index (χ1n) is 10.3. The monoisotopic (exact) mass is 378 g/mol. The minimum Gasteiger partial charge on any atom is -0.310 e. The molecule has 2 aromatic carbocycles. The van der Waals surface area contributed by atoms with Gasteiger partial charge in [-0.1, -0.05) is 82.5 Å². The van der Waals surface area contributed by atoms with Gasteiger partial charge in [-0.3, -0.25) is 9.36 Å². The van der Waals surface area contributed by atoms with E-state index in [1.54, 1.807) is 0 Å². The van der Waals surface area contributed by atoms with E-state index in [4.69, 9.17) is 0 Å². The second-order valence-corrected chi connectivity index (χ2v) is 7.85. The molecule has 28 heavy (non-hydrogen) atoms. The van der Waals surface area contributed by atoms with Crippen LogP contribution in [0, 0.1) is 0 Å². The number of H-pyrrole nitrogens is 1. The van der Waals surface area contributed by atoms with Crippen molar-refractivity contribution < 1.29 is 0 Å². The molecule has 0 amide bonds. The first kappa shape index (κ1) is 20.1. The van der Waals surface area contributed by atoms with E-state index in [1.165, 1.54) is 9.95 Å². The smallest absolute Gasteiger partial charge is 0.310 e. The molecule has 3 aromatic rings. The van der Waals surface area contributed by atoms with Gasteiger partial charge in [0.15, 0.2) is 0 Å². The highest BCUT2D eigenvalue weighted by molar-refractivity contribution is 5.83. The van der Waals surface area contributed by atoms with Crippen LogP contribution in [0.1, 0.15) is 69.2 Å². The van der Waals surface area contributed by atoms with Gasteiger partial charge in [-0.25, -0.2) is 4.79 Å². The lowest BCUT2D eigenvalue weighted by molar-refractivity contribution is 0.540. The zero-order chi connectivity index (χ0) is 20.1. The average molecular weight is 379 g/mol. The van der Waals surface area contributed by atoms with Crippen LogP contribution in [0.5, 0.6) is 0 Å². The predicted molar refractivity (Wildman–Crippen MR) is 116 cm³/mol. The summed E-state index contributed by atoms with van der Waals surface area (Å²) in [5.41, 5.74) is 2.14. The third-order valence-corrected chi connectivity index (χ3v) is 5.31. The zero-order valence-corrected chi connectivity index (χ0v) is 17.1. The largest absolute Gasteiger partial charge is 0.328 e. The lowest BCUT2D eigenvalue weighted by atomic mass is 9.97. The second-order valence-electron chi connectivity index (χ2n) is 7.85. The number of hydrogen-bond acceptors (Lipinski definition) is 2. The number of nitrogens with zero attached hydrogens (tertiary/aromatic N) is 1. The van der Waals surface area contributed by atoms with Crippen molar-refractivity contribution >= 4 is 10.8 Å². The summed E-state index contributed by atoms with van der Waals surface area (Å²) in [5, 5.41) is 2.35.